The van der Waals surface area contributed by atoms with Gasteiger partial charge < -0.3 is 10.2 Å². The molecule has 3 aliphatic heterocycles. The smallest absolute Gasteiger partial charge is 0.261 e. The van der Waals surface area contributed by atoms with E-state index in [1.807, 2.05) is 19.1 Å². The average Bonchev–Trinajstić information content (AvgIpc) is 3.18. The van der Waals surface area contributed by atoms with E-state index in [-0.39, 0.29) is 5.91 Å². The quantitative estimate of drug-likeness (QED) is 0.902. The van der Waals surface area contributed by atoms with E-state index in [1.54, 1.807) is 23.1 Å². The predicted molar refractivity (Wildman–Crippen MR) is 93.5 cm³/mol. The number of amides is 1. The molecule has 3 aliphatic rings. The first-order chi connectivity index (χ1) is 11.2. The third-order valence-corrected chi connectivity index (χ3v) is 7.58. The van der Waals surface area contributed by atoms with Gasteiger partial charge in [-0.25, -0.2) is 0 Å². The summed E-state index contributed by atoms with van der Waals surface area (Å²) in [5.74, 6) is 0.719. The van der Waals surface area contributed by atoms with Gasteiger partial charge in [-0.2, -0.15) is 0 Å². The Balaban J connectivity index is 1.39. The monoisotopic (exact) mass is 366 g/mol. The van der Waals surface area contributed by atoms with Crippen LogP contribution in [0, 0.1) is 12.8 Å². The Morgan fingerprint density at radius 2 is 2.13 bits per heavy atom. The van der Waals surface area contributed by atoms with Crippen molar-refractivity contribution in [2.24, 2.45) is 5.92 Å². The molecule has 2 aromatic rings. The lowest BCUT2D eigenvalue weighted by atomic mass is 9.84. The highest BCUT2D eigenvalue weighted by Crippen LogP contribution is 2.35. The predicted octanol–water partition coefficient (Wildman–Crippen LogP) is 2.88. The van der Waals surface area contributed by atoms with Crippen molar-refractivity contribution in [1.82, 2.24) is 20.4 Å². The fraction of sp³-hybridized carbons (Fsp3) is 0.533. The molecule has 23 heavy (non-hydrogen) atoms. The van der Waals surface area contributed by atoms with Crippen molar-refractivity contribution in [1.29, 1.82) is 0 Å². The Kier molecular flexibility index (Phi) is 4.40. The summed E-state index contributed by atoms with van der Waals surface area (Å²) in [6.07, 6.45) is 2.43. The molecule has 0 radical (unpaired) electrons. The zero-order valence-electron chi connectivity index (χ0n) is 12.8. The molecular weight excluding hydrogens is 348 g/mol. The molecule has 5 nitrogen and oxygen atoms in total. The highest BCUT2D eigenvalue weighted by molar-refractivity contribution is 8.02. The topological polar surface area (TPSA) is 58.1 Å². The van der Waals surface area contributed by atoms with Crippen molar-refractivity contribution >= 4 is 40.3 Å². The molecule has 5 heterocycles. The fourth-order valence-electron chi connectivity index (χ4n) is 3.27. The number of carbonyl (C=O) groups is 1. The number of aromatic nitrogens is 2. The normalized spacial score (nSPS) is 26.4. The van der Waals surface area contributed by atoms with Gasteiger partial charge in [0.15, 0.2) is 4.34 Å². The van der Waals surface area contributed by atoms with Gasteiger partial charge in [-0.3, -0.25) is 4.79 Å². The summed E-state index contributed by atoms with van der Waals surface area (Å²) in [5, 5.41) is 12.3. The van der Waals surface area contributed by atoms with Crippen LogP contribution >= 0.6 is 34.4 Å². The molecule has 3 saturated heterocycles. The number of aryl methyl sites for hydroxylation is 1. The molecule has 2 aromatic heterocycles. The van der Waals surface area contributed by atoms with Gasteiger partial charge in [0, 0.05) is 12.6 Å². The van der Waals surface area contributed by atoms with Crippen molar-refractivity contribution in [3.05, 3.63) is 22.0 Å². The van der Waals surface area contributed by atoms with Crippen LogP contribution < -0.4 is 5.32 Å². The lowest BCUT2D eigenvalue weighted by Gasteiger charge is -2.44. The van der Waals surface area contributed by atoms with Gasteiger partial charge in [-0.1, -0.05) is 11.3 Å². The zero-order valence-corrected chi connectivity index (χ0v) is 15.3. The van der Waals surface area contributed by atoms with Gasteiger partial charge in [0.25, 0.3) is 5.91 Å². The Hall–Kier alpha value is -0.960. The Labute approximate surface area is 147 Å². The maximum Gasteiger partial charge on any atom is 0.261 e. The van der Waals surface area contributed by atoms with Crippen molar-refractivity contribution in [3.63, 3.8) is 0 Å². The maximum absolute atomic E-state index is 12.5. The lowest BCUT2D eigenvalue weighted by Crippen LogP contribution is -2.57. The Bertz CT molecular complexity index is 705. The van der Waals surface area contributed by atoms with Gasteiger partial charge in [0.2, 0.25) is 0 Å². The van der Waals surface area contributed by atoms with E-state index < -0.39 is 0 Å². The van der Waals surface area contributed by atoms with Gasteiger partial charge in [-0.05, 0) is 62.7 Å². The van der Waals surface area contributed by atoms with E-state index in [1.165, 1.54) is 37.3 Å². The number of carbonyl (C=O) groups excluding carboxylic acids is 1. The minimum absolute atomic E-state index is 0.0639. The van der Waals surface area contributed by atoms with E-state index in [0.29, 0.717) is 12.0 Å². The van der Waals surface area contributed by atoms with Crippen LogP contribution in [-0.2, 0) is 0 Å². The van der Waals surface area contributed by atoms with Crippen molar-refractivity contribution < 1.29 is 4.79 Å². The average molecular weight is 367 g/mol. The van der Waals surface area contributed by atoms with Crippen LogP contribution in [0.5, 0.6) is 0 Å². The number of hydrogen-bond donors (Lipinski definition) is 1. The zero-order chi connectivity index (χ0) is 15.8. The third-order valence-electron chi connectivity index (χ3n) is 4.47. The van der Waals surface area contributed by atoms with Crippen molar-refractivity contribution in [3.8, 4) is 0 Å². The molecule has 122 valence electrons. The standard InChI is InChI=1S/C15H18N4OS3/c1-9-17-18-15(21-9)23-13-3-2-12(22-13)14(20)16-11-8-19-6-4-10(11)5-7-19/h2-3,10-11H,4-8H2,1H3,(H,16,20). The summed E-state index contributed by atoms with van der Waals surface area (Å²) in [7, 11) is 0. The SMILES string of the molecule is Cc1nnc(Sc2ccc(C(=O)NC3CN4CCC3CC4)s2)s1. The van der Waals surface area contributed by atoms with Crippen LogP contribution in [0.15, 0.2) is 20.7 Å². The first-order valence-electron chi connectivity index (χ1n) is 7.78. The molecule has 1 amide bonds. The molecule has 5 rings (SSSR count). The second-order valence-electron chi connectivity index (χ2n) is 6.03. The molecule has 1 atom stereocenters. The Morgan fingerprint density at radius 3 is 2.78 bits per heavy atom. The number of thiophene rings is 1. The number of hydrogen-bond acceptors (Lipinski definition) is 7. The first kappa shape index (κ1) is 15.6. The van der Waals surface area contributed by atoms with E-state index in [9.17, 15) is 4.79 Å². The number of rotatable bonds is 4. The molecule has 0 saturated carbocycles. The second-order valence-corrected chi connectivity index (χ2v) is 9.84. The molecule has 1 unspecified atom stereocenters. The van der Waals surface area contributed by atoms with Crippen LogP contribution in [0.25, 0.3) is 0 Å². The summed E-state index contributed by atoms with van der Waals surface area (Å²) >= 11 is 4.69. The molecule has 0 aromatic carbocycles. The molecule has 1 N–H and O–H groups in total. The van der Waals surface area contributed by atoms with Crippen molar-refractivity contribution in [2.75, 3.05) is 19.6 Å². The number of nitrogens with one attached hydrogen (secondary N) is 1. The molecule has 8 heteroatoms. The minimum atomic E-state index is 0.0639. The van der Waals surface area contributed by atoms with Gasteiger partial charge >= 0.3 is 0 Å². The van der Waals surface area contributed by atoms with Crippen LogP contribution in [0.1, 0.15) is 27.5 Å². The van der Waals surface area contributed by atoms with E-state index >= 15 is 0 Å². The van der Waals surface area contributed by atoms with Crippen LogP contribution in [0.3, 0.4) is 0 Å². The molecule has 0 aliphatic carbocycles. The highest BCUT2D eigenvalue weighted by Gasteiger charge is 2.35. The van der Waals surface area contributed by atoms with E-state index in [2.05, 4.69) is 20.4 Å². The highest BCUT2D eigenvalue weighted by atomic mass is 32.2. The van der Waals surface area contributed by atoms with Crippen molar-refractivity contribution in [2.45, 2.75) is 34.4 Å². The van der Waals surface area contributed by atoms with Gasteiger partial charge in [0.1, 0.15) is 5.01 Å². The number of fused-ring (bicyclic) bond motifs is 3. The molecular formula is C15H18N4OS3. The summed E-state index contributed by atoms with van der Waals surface area (Å²) in [6.45, 7) is 5.34. The van der Waals surface area contributed by atoms with E-state index in [0.717, 1.165) is 25.0 Å². The number of nitrogens with zero attached hydrogens (tertiary/aromatic N) is 3. The summed E-state index contributed by atoms with van der Waals surface area (Å²) in [6, 6.07) is 4.23. The van der Waals surface area contributed by atoms with Crippen LogP contribution in [-0.4, -0.2) is 46.7 Å². The maximum atomic E-state index is 12.5. The minimum Gasteiger partial charge on any atom is -0.347 e. The van der Waals surface area contributed by atoms with Gasteiger partial charge in [-0.15, -0.1) is 21.5 Å². The summed E-state index contributed by atoms with van der Waals surface area (Å²) in [5.41, 5.74) is 0. The molecule has 0 spiro atoms. The third kappa shape index (κ3) is 3.45. The Morgan fingerprint density at radius 1 is 1.30 bits per heavy atom. The second kappa shape index (κ2) is 6.51. The molecule has 2 bridgehead atoms. The first-order valence-corrected chi connectivity index (χ1v) is 10.2. The lowest BCUT2D eigenvalue weighted by molar-refractivity contribution is 0.0622. The van der Waals surface area contributed by atoms with E-state index in [4.69, 9.17) is 0 Å². The summed E-state index contributed by atoms with van der Waals surface area (Å²) in [4.78, 5) is 15.7. The summed E-state index contributed by atoms with van der Waals surface area (Å²) < 4.78 is 2.01. The van der Waals surface area contributed by atoms with Gasteiger partial charge in [0.05, 0.1) is 9.09 Å². The molecule has 3 fully saturated rings. The number of piperidine rings is 3. The van der Waals surface area contributed by atoms with Crippen LogP contribution in [0.4, 0.5) is 0 Å². The fourth-order valence-corrected chi connectivity index (χ4v) is 6.35. The van der Waals surface area contributed by atoms with Crippen LogP contribution in [0.2, 0.25) is 0 Å². The largest absolute Gasteiger partial charge is 0.347 e.